The Bertz CT molecular complexity index is 2840. The molecule has 46 heavy (non-hydrogen) atoms. The van der Waals surface area contributed by atoms with Gasteiger partial charge in [-0.15, -0.1) is 0 Å². The van der Waals surface area contributed by atoms with Gasteiger partial charge in [-0.1, -0.05) is 158 Å². The molecule has 10 rings (SSSR count). The third kappa shape index (κ3) is 3.62. The van der Waals surface area contributed by atoms with Crippen molar-refractivity contribution in [2.24, 2.45) is 0 Å². The van der Waals surface area contributed by atoms with E-state index in [4.69, 9.17) is 0 Å². The van der Waals surface area contributed by atoms with Crippen LogP contribution in [0.5, 0.6) is 0 Å². The molecule has 212 valence electrons. The summed E-state index contributed by atoms with van der Waals surface area (Å²) in [5.41, 5.74) is 5.01. The van der Waals surface area contributed by atoms with E-state index in [0.29, 0.717) is 0 Å². The van der Waals surface area contributed by atoms with Crippen LogP contribution in [0.25, 0.3) is 97.7 Å². The molecule has 0 aromatic heterocycles. The Morgan fingerprint density at radius 3 is 1.35 bits per heavy atom. The molecule has 0 N–H and O–H groups in total. The number of rotatable bonds is 2. The Morgan fingerprint density at radius 1 is 0.239 bits per heavy atom. The van der Waals surface area contributed by atoms with Crippen LogP contribution in [0.1, 0.15) is 0 Å². The van der Waals surface area contributed by atoms with E-state index in [1.165, 1.54) is 97.7 Å². The topological polar surface area (TPSA) is 0 Å². The fraction of sp³-hybridized carbons (Fsp3) is 0. The van der Waals surface area contributed by atoms with Gasteiger partial charge in [0.15, 0.2) is 0 Å². The van der Waals surface area contributed by atoms with Gasteiger partial charge >= 0.3 is 0 Å². The van der Waals surface area contributed by atoms with Crippen LogP contribution in [0, 0.1) is 0 Å². The van der Waals surface area contributed by atoms with E-state index in [9.17, 15) is 0 Å². The summed E-state index contributed by atoms with van der Waals surface area (Å²) in [5, 5.41) is 18.1. The van der Waals surface area contributed by atoms with Crippen LogP contribution in [0.2, 0.25) is 0 Å². The van der Waals surface area contributed by atoms with Gasteiger partial charge < -0.3 is 0 Å². The quantitative estimate of drug-likeness (QED) is 0.178. The monoisotopic (exact) mass is 580 g/mol. The van der Waals surface area contributed by atoms with E-state index in [-0.39, 0.29) is 0 Å². The Hall–Kier alpha value is -5.98. The standard InChI is InChI=1S/C46H28/c1-2-13-31-27-33(22-21-29(31)11-1)44-34-14-4-3-12-30(34)23-25-35(44)32-24-26-39-38-17-7-9-19-41(38)45-40-18-8-5-15-36(40)37-16-6-10-20-42(37)46(45)43(39)28-32/h1-28H. The zero-order valence-corrected chi connectivity index (χ0v) is 25.2. The van der Waals surface area contributed by atoms with Gasteiger partial charge in [0.1, 0.15) is 0 Å². The highest BCUT2D eigenvalue weighted by Crippen LogP contribution is 2.46. The molecule has 0 saturated heterocycles. The van der Waals surface area contributed by atoms with Crippen molar-refractivity contribution in [1.82, 2.24) is 0 Å². The van der Waals surface area contributed by atoms with Crippen molar-refractivity contribution in [3.8, 4) is 22.3 Å². The summed E-state index contributed by atoms with van der Waals surface area (Å²) >= 11 is 0. The van der Waals surface area contributed by atoms with Gasteiger partial charge in [-0.05, 0) is 110 Å². The first-order chi connectivity index (χ1) is 22.8. The molecular formula is C46H28. The predicted molar refractivity (Wildman–Crippen MR) is 200 cm³/mol. The zero-order chi connectivity index (χ0) is 30.2. The van der Waals surface area contributed by atoms with Crippen molar-refractivity contribution in [3.05, 3.63) is 170 Å². The van der Waals surface area contributed by atoms with Gasteiger partial charge in [0.05, 0.1) is 0 Å². The summed E-state index contributed by atoms with van der Waals surface area (Å²) in [6, 6.07) is 62.9. The second-order valence-electron chi connectivity index (χ2n) is 12.4. The minimum atomic E-state index is 1.23. The highest BCUT2D eigenvalue weighted by Gasteiger charge is 2.18. The van der Waals surface area contributed by atoms with Crippen molar-refractivity contribution in [2.75, 3.05) is 0 Å². The molecule has 0 fully saturated rings. The van der Waals surface area contributed by atoms with E-state index in [0.717, 1.165) is 0 Å². The van der Waals surface area contributed by atoms with Gasteiger partial charge in [-0.25, -0.2) is 0 Å². The average Bonchev–Trinajstić information content (AvgIpc) is 3.13. The first kappa shape index (κ1) is 25.4. The molecule has 0 unspecified atom stereocenters. The normalized spacial score (nSPS) is 11.9. The lowest BCUT2D eigenvalue weighted by atomic mass is 9.85. The van der Waals surface area contributed by atoms with Crippen LogP contribution in [0.3, 0.4) is 0 Å². The Kier molecular flexibility index (Phi) is 5.38. The summed E-state index contributed by atoms with van der Waals surface area (Å²) < 4.78 is 0. The molecule has 0 bridgehead atoms. The minimum absolute atomic E-state index is 1.23. The van der Waals surface area contributed by atoms with Crippen LogP contribution < -0.4 is 0 Å². The minimum Gasteiger partial charge on any atom is -0.0616 e. The average molecular weight is 581 g/mol. The summed E-state index contributed by atoms with van der Waals surface area (Å²) in [6.45, 7) is 0. The lowest BCUT2D eigenvalue weighted by Crippen LogP contribution is -1.91. The highest BCUT2D eigenvalue weighted by molar-refractivity contribution is 6.39. The summed E-state index contributed by atoms with van der Waals surface area (Å²) in [5.74, 6) is 0. The molecule has 0 aliphatic carbocycles. The first-order valence-electron chi connectivity index (χ1n) is 16.0. The van der Waals surface area contributed by atoms with Crippen molar-refractivity contribution < 1.29 is 0 Å². The Balaban J connectivity index is 1.37. The molecule has 0 saturated carbocycles. The van der Waals surface area contributed by atoms with E-state index >= 15 is 0 Å². The van der Waals surface area contributed by atoms with E-state index in [1.54, 1.807) is 0 Å². The van der Waals surface area contributed by atoms with Crippen LogP contribution in [0.15, 0.2) is 170 Å². The maximum absolute atomic E-state index is 2.46. The summed E-state index contributed by atoms with van der Waals surface area (Å²) in [4.78, 5) is 0. The van der Waals surface area contributed by atoms with Gasteiger partial charge in [-0.2, -0.15) is 0 Å². The number of hydrogen-bond acceptors (Lipinski definition) is 0. The predicted octanol–water partition coefficient (Wildman–Crippen LogP) is 13.1. The smallest absolute Gasteiger partial charge is 0.00137 e. The van der Waals surface area contributed by atoms with E-state index < -0.39 is 0 Å². The lowest BCUT2D eigenvalue weighted by molar-refractivity contribution is 1.64. The molecule has 0 atom stereocenters. The second-order valence-corrected chi connectivity index (χ2v) is 12.4. The number of fused-ring (bicyclic) bond motifs is 13. The third-order valence-corrected chi connectivity index (χ3v) is 9.99. The van der Waals surface area contributed by atoms with Crippen LogP contribution in [-0.4, -0.2) is 0 Å². The summed E-state index contributed by atoms with van der Waals surface area (Å²) in [7, 11) is 0. The van der Waals surface area contributed by atoms with Crippen molar-refractivity contribution in [2.45, 2.75) is 0 Å². The van der Waals surface area contributed by atoms with E-state index in [1.807, 2.05) is 0 Å². The van der Waals surface area contributed by atoms with Crippen molar-refractivity contribution in [3.63, 3.8) is 0 Å². The maximum atomic E-state index is 2.46. The fourth-order valence-electron chi connectivity index (χ4n) is 7.96. The Labute approximate surface area is 266 Å². The van der Waals surface area contributed by atoms with E-state index in [2.05, 4.69) is 170 Å². The molecule has 0 spiro atoms. The Morgan fingerprint density at radius 2 is 0.696 bits per heavy atom. The lowest BCUT2D eigenvalue weighted by Gasteiger charge is -2.18. The number of hydrogen-bond donors (Lipinski definition) is 0. The molecular weight excluding hydrogens is 553 g/mol. The largest absolute Gasteiger partial charge is 0.0616 e. The van der Waals surface area contributed by atoms with Gasteiger partial charge in [-0.3, -0.25) is 0 Å². The van der Waals surface area contributed by atoms with Crippen LogP contribution in [0.4, 0.5) is 0 Å². The molecule has 0 aliphatic rings. The molecule has 0 heterocycles. The fourth-order valence-corrected chi connectivity index (χ4v) is 7.96. The first-order valence-corrected chi connectivity index (χ1v) is 16.0. The second kappa shape index (κ2) is 9.76. The zero-order valence-electron chi connectivity index (χ0n) is 25.2. The highest BCUT2D eigenvalue weighted by atomic mass is 14.2. The number of benzene rings is 10. The van der Waals surface area contributed by atoms with Gasteiger partial charge in [0.25, 0.3) is 0 Å². The van der Waals surface area contributed by atoms with Gasteiger partial charge in [0, 0.05) is 0 Å². The van der Waals surface area contributed by atoms with Gasteiger partial charge in [0.2, 0.25) is 0 Å². The maximum Gasteiger partial charge on any atom is -0.00137 e. The van der Waals surface area contributed by atoms with Crippen LogP contribution >= 0.6 is 0 Å². The third-order valence-electron chi connectivity index (χ3n) is 9.99. The molecule has 0 aliphatic heterocycles. The molecule has 0 radical (unpaired) electrons. The molecule has 0 heteroatoms. The van der Waals surface area contributed by atoms with Crippen LogP contribution in [-0.2, 0) is 0 Å². The summed E-state index contributed by atoms with van der Waals surface area (Å²) in [6.07, 6.45) is 0. The molecule has 10 aromatic rings. The molecule has 0 nitrogen and oxygen atoms in total. The SMILES string of the molecule is c1ccc2cc(-c3c(-c4ccc5c6ccccc6c6c7ccccc7c7ccccc7c6c5c4)ccc4ccccc34)ccc2c1. The molecule has 0 amide bonds. The van der Waals surface area contributed by atoms with Crippen molar-refractivity contribution in [1.29, 1.82) is 0 Å². The van der Waals surface area contributed by atoms with Crippen molar-refractivity contribution >= 4 is 75.4 Å². The molecule has 10 aromatic carbocycles.